The lowest BCUT2D eigenvalue weighted by atomic mass is 9.94. The molecule has 4 heteroatoms. The van der Waals surface area contributed by atoms with Crippen LogP contribution in [0.3, 0.4) is 0 Å². The summed E-state index contributed by atoms with van der Waals surface area (Å²) >= 11 is 0. The molecule has 20 heavy (non-hydrogen) atoms. The monoisotopic (exact) mass is 261 g/mol. The molecule has 94 valence electrons. The number of nitro groups is 1. The van der Waals surface area contributed by atoms with Crippen molar-refractivity contribution in [3.8, 4) is 0 Å². The van der Waals surface area contributed by atoms with Gasteiger partial charge in [-0.1, -0.05) is 24.3 Å². The Morgan fingerprint density at radius 2 is 1.60 bits per heavy atom. The van der Waals surface area contributed by atoms with Gasteiger partial charge in [-0.2, -0.15) is 0 Å². The van der Waals surface area contributed by atoms with Crippen LogP contribution in [-0.4, -0.2) is 4.92 Å². The highest BCUT2D eigenvalue weighted by Crippen LogP contribution is 2.46. The second-order valence-electron chi connectivity index (χ2n) is 5.04. The summed E-state index contributed by atoms with van der Waals surface area (Å²) in [6.07, 6.45) is 0. The third-order valence-corrected chi connectivity index (χ3v) is 4.05. The summed E-state index contributed by atoms with van der Waals surface area (Å²) in [5.74, 6) is 0. The van der Waals surface area contributed by atoms with Crippen molar-refractivity contribution in [1.82, 2.24) is 0 Å². The fraction of sp³-hybridized carbons (Fsp3) is 0. The van der Waals surface area contributed by atoms with Gasteiger partial charge in [0.25, 0.3) is 5.69 Å². The van der Waals surface area contributed by atoms with Crippen LogP contribution in [0.15, 0.2) is 46.9 Å². The molecule has 0 unspecified atom stereocenters. The van der Waals surface area contributed by atoms with E-state index in [-0.39, 0.29) is 10.6 Å². The zero-order valence-corrected chi connectivity index (χ0v) is 10.2. The number of benzene rings is 4. The van der Waals surface area contributed by atoms with Crippen molar-refractivity contribution in [1.29, 1.82) is 0 Å². The summed E-state index contributed by atoms with van der Waals surface area (Å²) < 4.78 is 5.60. The van der Waals surface area contributed by atoms with Crippen molar-refractivity contribution in [3.63, 3.8) is 0 Å². The molecule has 0 fully saturated rings. The molecule has 0 bridgehead atoms. The van der Waals surface area contributed by atoms with Gasteiger partial charge >= 0.3 is 0 Å². The van der Waals surface area contributed by atoms with Crippen LogP contribution in [0.2, 0.25) is 0 Å². The van der Waals surface area contributed by atoms with Crippen molar-refractivity contribution < 1.29 is 9.34 Å². The van der Waals surface area contributed by atoms with E-state index in [0.29, 0.717) is 5.39 Å². The summed E-state index contributed by atoms with van der Waals surface area (Å²) in [4.78, 5) is 10.9. The second kappa shape index (κ2) is 2.99. The second-order valence-corrected chi connectivity index (χ2v) is 5.04. The third-order valence-electron chi connectivity index (χ3n) is 4.05. The Balaban J connectivity index is 2.21. The quantitative estimate of drug-likeness (QED) is 0.250. The maximum atomic E-state index is 11.2. The van der Waals surface area contributed by atoms with Gasteiger partial charge in [0.15, 0.2) is 11.2 Å². The van der Waals surface area contributed by atoms with Gasteiger partial charge in [-0.15, -0.1) is 0 Å². The van der Waals surface area contributed by atoms with Crippen molar-refractivity contribution in [3.05, 3.63) is 52.6 Å². The summed E-state index contributed by atoms with van der Waals surface area (Å²) in [6.45, 7) is 0. The first kappa shape index (κ1) is 9.97. The molecule has 5 aromatic rings. The molecule has 0 aliphatic heterocycles. The number of non-ortho nitro benzene ring substituents is 1. The first-order chi connectivity index (χ1) is 9.75. The van der Waals surface area contributed by atoms with Gasteiger partial charge in [0.05, 0.1) is 10.3 Å². The van der Waals surface area contributed by atoms with Gasteiger partial charge in [0, 0.05) is 27.6 Å². The molecule has 0 radical (unpaired) electrons. The van der Waals surface area contributed by atoms with E-state index in [0.717, 1.165) is 38.1 Å². The number of hydrogen-bond acceptors (Lipinski definition) is 3. The molecule has 0 amide bonds. The van der Waals surface area contributed by atoms with E-state index in [2.05, 4.69) is 0 Å². The van der Waals surface area contributed by atoms with Crippen LogP contribution in [0.1, 0.15) is 0 Å². The van der Waals surface area contributed by atoms with Gasteiger partial charge in [-0.25, -0.2) is 0 Å². The maximum Gasteiger partial charge on any atom is 0.277 e. The summed E-state index contributed by atoms with van der Waals surface area (Å²) in [7, 11) is 0. The molecular formula is C16H7NO3. The lowest BCUT2D eigenvalue weighted by molar-refractivity contribution is -0.383. The average molecular weight is 261 g/mol. The first-order valence-electron chi connectivity index (χ1n) is 6.31. The predicted octanol–water partition coefficient (Wildman–Crippen LogP) is 4.68. The normalized spacial score (nSPS) is 12.4. The lowest BCUT2D eigenvalue weighted by Gasteiger charge is -2.08. The standard InChI is InChI=1S/C16H7NO3/c18-17(19)12-7-6-11-14-9(12)5-4-8-2-1-3-10(13(8)14)15-16(11)20-15/h1-7H. The van der Waals surface area contributed by atoms with Crippen molar-refractivity contribution in [2.24, 2.45) is 0 Å². The minimum absolute atomic E-state index is 0.144. The van der Waals surface area contributed by atoms with Crippen molar-refractivity contribution in [2.75, 3.05) is 0 Å². The highest BCUT2D eigenvalue weighted by atomic mass is 16.6. The van der Waals surface area contributed by atoms with E-state index in [1.165, 1.54) is 0 Å². The van der Waals surface area contributed by atoms with Crippen LogP contribution < -0.4 is 0 Å². The van der Waals surface area contributed by atoms with E-state index in [4.69, 9.17) is 4.42 Å². The number of fused-ring (bicyclic) bond motifs is 3. The Morgan fingerprint density at radius 3 is 2.40 bits per heavy atom. The van der Waals surface area contributed by atoms with Gasteiger partial charge in [-0.3, -0.25) is 10.1 Å². The van der Waals surface area contributed by atoms with Crippen LogP contribution in [0.4, 0.5) is 5.69 Å². The molecule has 0 saturated heterocycles. The highest BCUT2D eigenvalue weighted by Gasteiger charge is 2.23. The number of hydrogen-bond donors (Lipinski definition) is 0. The highest BCUT2D eigenvalue weighted by molar-refractivity contribution is 6.34. The number of nitrogens with zero attached hydrogens (tertiary/aromatic N) is 1. The van der Waals surface area contributed by atoms with Crippen LogP contribution in [0.25, 0.3) is 43.5 Å². The molecule has 0 aliphatic rings. The van der Waals surface area contributed by atoms with Gasteiger partial charge in [-0.05, 0) is 17.5 Å². The van der Waals surface area contributed by atoms with Crippen molar-refractivity contribution in [2.45, 2.75) is 0 Å². The molecule has 4 nitrogen and oxygen atoms in total. The fourth-order valence-electron chi connectivity index (χ4n) is 3.18. The van der Waals surface area contributed by atoms with Gasteiger partial charge in [0.2, 0.25) is 0 Å². The molecule has 0 aliphatic carbocycles. The van der Waals surface area contributed by atoms with E-state index in [9.17, 15) is 10.1 Å². The molecule has 0 N–H and O–H groups in total. The Hall–Kier alpha value is -2.88. The number of nitro benzene ring substituents is 1. The van der Waals surface area contributed by atoms with Crippen molar-refractivity contribution >= 4 is 49.2 Å². The Morgan fingerprint density at radius 1 is 0.850 bits per heavy atom. The number of rotatable bonds is 1. The lowest BCUT2D eigenvalue weighted by Crippen LogP contribution is -1.91. The molecule has 1 heterocycles. The molecule has 0 spiro atoms. The topological polar surface area (TPSA) is 56.3 Å². The minimum atomic E-state index is -0.328. The molecule has 4 aromatic carbocycles. The zero-order valence-electron chi connectivity index (χ0n) is 10.2. The first-order valence-corrected chi connectivity index (χ1v) is 6.31. The summed E-state index contributed by atoms with van der Waals surface area (Å²) in [6, 6.07) is 13.1. The van der Waals surface area contributed by atoms with Crippen LogP contribution in [-0.2, 0) is 0 Å². The Bertz CT molecular complexity index is 1120. The largest absolute Gasteiger partial charge is 0.448 e. The Kier molecular flexibility index (Phi) is 1.49. The Labute approximate surface area is 112 Å². The maximum absolute atomic E-state index is 11.2. The minimum Gasteiger partial charge on any atom is -0.448 e. The average Bonchev–Trinajstić information content (AvgIpc) is 3.25. The smallest absolute Gasteiger partial charge is 0.277 e. The van der Waals surface area contributed by atoms with E-state index in [1.54, 1.807) is 12.1 Å². The molecule has 0 atom stereocenters. The van der Waals surface area contributed by atoms with E-state index in [1.807, 2.05) is 30.3 Å². The molecule has 5 rings (SSSR count). The zero-order chi connectivity index (χ0) is 13.4. The third kappa shape index (κ3) is 0.992. The van der Waals surface area contributed by atoms with Gasteiger partial charge in [0.1, 0.15) is 0 Å². The van der Waals surface area contributed by atoms with Crippen LogP contribution >= 0.6 is 0 Å². The summed E-state index contributed by atoms with van der Waals surface area (Å²) in [5.41, 5.74) is 1.91. The fourth-order valence-corrected chi connectivity index (χ4v) is 3.18. The molecular weight excluding hydrogens is 254 g/mol. The van der Waals surface area contributed by atoms with Crippen LogP contribution in [0, 0.1) is 10.1 Å². The molecule has 0 saturated carbocycles. The predicted molar refractivity (Wildman–Crippen MR) is 77.8 cm³/mol. The van der Waals surface area contributed by atoms with E-state index < -0.39 is 0 Å². The van der Waals surface area contributed by atoms with E-state index >= 15 is 0 Å². The SMILES string of the molecule is O=[N+]([O-])c1ccc2c3oc3c3cccc4ccc1c2c43. The molecule has 1 aromatic heterocycles. The van der Waals surface area contributed by atoms with Gasteiger partial charge < -0.3 is 4.42 Å². The summed E-state index contributed by atoms with van der Waals surface area (Å²) in [5, 5.41) is 17.0. The van der Waals surface area contributed by atoms with Crippen LogP contribution in [0.5, 0.6) is 0 Å².